The maximum Gasteiger partial charge on any atom is 0.407 e. The van der Waals surface area contributed by atoms with Crippen molar-refractivity contribution in [1.82, 2.24) is 9.88 Å². The fraction of sp³-hybridized carbons (Fsp3) is 0.360. The molecule has 1 N–H and O–H groups in total. The molecule has 4 rings (SSSR count). The number of aromatic nitrogens is 1. The van der Waals surface area contributed by atoms with Gasteiger partial charge in [-0.25, -0.2) is 4.79 Å². The Balaban J connectivity index is 1.52. The van der Waals surface area contributed by atoms with E-state index in [-0.39, 0.29) is 25.2 Å². The molecule has 0 saturated carbocycles. The zero-order chi connectivity index (χ0) is 22.5. The number of carbonyl (C=O) groups is 2. The smallest absolute Gasteiger partial charge is 0.407 e. The van der Waals surface area contributed by atoms with Crippen LogP contribution in [0.4, 0.5) is 4.79 Å². The van der Waals surface area contributed by atoms with Crippen LogP contribution in [0, 0.1) is 0 Å². The number of nitrogens with one attached hydrogen (secondary N) is 1. The van der Waals surface area contributed by atoms with E-state index in [2.05, 4.69) is 5.32 Å². The Bertz CT molecular complexity index is 1110. The van der Waals surface area contributed by atoms with Crippen molar-refractivity contribution < 1.29 is 23.8 Å². The molecule has 1 aliphatic rings. The Kier molecular flexibility index (Phi) is 6.63. The van der Waals surface area contributed by atoms with Crippen LogP contribution < -0.4 is 10.1 Å². The molecule has 3 aromatic rings. The second-order valence-corrected chi connectivity index (χ2v) is 7.85. The molecule has 1 unspecified atom stereocenters. The summed E-state index contributed by atoms with van der Waals surface area (Å²) in [5, 5.41) is 4.04. The van der Waals surface area contributed by atoms with Gasteiger partial charge in [-0.05, 0) is 55.5 Å². The molecule has 0 bridgehead atoms. The molecule has 0 saturated heterocycles. The number of ether oxygens (including phenoxy) is 3. The van der Waals surface area contributed by atoms with Crippen molar-refractivity contribution in [2.75, 3.05) is 13.7 Å². The highest BCUT2D eigenvalue weighted by Crippen LogP contribution is 2.34. The van der Waals surface area contributed by atoms with Gasteiger partial charge in [0.05, 0.1) is 13.7 Å². The van der Waals surface area contributed by atoms with Crippen molar-refractivity contribution in [3.8, 4) is 5.75 Å². The van der Waals surface area contributed by atoms with E-state index in [9.17, 15) is 9.59 Å². The number of amides is 1. The van der Waals surface area contributed by atoms with Crippen LogP contribution in [0.5, 0.6) is 5.75 Å². The van der Waals surface area contributed by atoms with Crippen LogP contribution in [0.2, 0.25) is 0 Å². The molecule has 1 heterocycles. The predicted octanol–water partition coefficient (Wildman–Crippen LogP) is 4.00. The van der Waals surface area contributed by atoms with Crippen molar-refractivity contribution in [2.45, 2.75) is 45.4 Å². The van der Waals surface area contributed by atoms with Gasteiger partial charge in [0.2, 0.25) is 0 Å². The molecule has 7 heteroatoms. The van der Waals surface area contributed by atoms with E-state index in [0.717, 1.165) is 46.3 Å². The second-order valence-electron chi connectivity index (χ2n) is 7.85. The van der Waals surface area contributed by atoms with E-state index in [4.69, 9.17) is 14.2 Å². The minimum absolute atomic E-state index is 0.0429. The van der Waals surface area contributed by atoms with E-state index >= 15 is 0 Å². The molecule has 0 radical (unpaired) electrons. The molecule has 168 valence electrons. The van der Waals surface area contributed by atoms with Gasteiger partial charge in [0.15, 0.2) is 0 Å². The van der Waals surface area contributed by atoms with Crippen molar-refractivity contribution in [1.29, 1.82) is 0 Å². The van der Waals surface area contributed by atoms with Crippen molar-refractivity contribution in [3.05, 3.63) is 65.4 Å². The molecule has 1 atom stereocenters. The molecule has 32 heavy (non-hydrogen) atoms. The minimum Gasteiger partial charge on any atom is -0.497 e. The number of hydrogen-bond acceptors (Lipinski definition) is 5. The number of fused-ring (bicyclic) bond motifs is 3. The number of alkyl carbamates (subject to hydrolysis) is 1. The van der Waals surface area contributed by atoms with Gasteiger partial charge < -0.3 is 24.1 Å². The zero-order valence-corrected chi connectivity index (χ0v) is 18.4. The van der Waals surface area contributed by atoms with E-state index in [1.54, 1.807) is 14.0 Å². The third-order valence-corrected chi connectivity index (χ3v) is 5.80. The highest BCUT2D eigenvalue weighted by molar-refractivity contribution is 5.88. The molecule has 0 aliphatic heterocycles. The summed E-state index contributed by atoms with van der Waals surface area (Å²) in [5.74, 6) is 0.499. The summed E-state index contributed by atoms with van der Waals surface area (Å²) in [6, 6.07) is 15.4. The van der Waals surface area contributed by atoms with E-state index in [0.29, 0.717) is 13.0 Å². The maximum absolute atomic E-state index is 12.4. The van der Waals surface area contributed by atoms with Crippen LogP contribution >= 0.6 is 0 Å². The lowest BCUT2D eigenvalue weighted by Gasteiger charge is -2.24. The van der Waals surface area contributed by atoms with Crippen LogP contribution in [0.3, 0.4) is 0 Å². The summed E-state index contributed by atoms with van der Waals surface area (Å²) in [6.45, 7) is 2.56. The lowest BCUT2D eigenvalue weighted by atomic mass is 9.91. The second kappa shape index (κ2) is 9.77. The molecule has 7 nitrogen and oxygen atoms in total. The Morgan fingerprint density at radius 1 is 1.12 bits per heavy atom. The van der Waals surface area contributed by atoms with Crippen LogP contribution in [0.1, 0.15) is 30.2 Å². The average Bonchev–Trinajstić information content (AvgIpc) is 3.10. The minimum atomic E-state index is -0.421. The van der Waals surface area contributed by atoms with Crippen molar-refractivity contribution >= 4 is 23.0 Å². The summed E-state index contributed by atoms with van der Waals surface area (Å²) in [6.07, 6.45) is 1.75. The molecule has 1 aromatic heterocycles. The fourth-order valence-electron chi connectivity index (χ4n) is 4.33. The predicted molar refractivity (Wildman–Crippen MR) is 121 cm³/mol. The number of carbonyl (C=O) groups excluding carboxylic acids is 2. The summed E-state index contributed by atoms with van der Waals surface area (Å²) < 4.78 is 18.0. The Morgan fingerprint density at radius 2 is 1.94 bits per heavy atom. The lowest BCUT2D eigenvalue weighted by molar-refractivity contribution is -0.143. The first-order chi connectivity index (χ1) is 15.6. The van der Waals surface area contributed by atoms with Gasteiger partial charge in [-0.3, -0.25) is 4.79 Å². The van der Waals surface area contributed by atoms with Crippen LogP contribution in [-0.4, -0.2) is 36.4 Å². The summed E-state index contributed by atoms with van der Waals surface area (Å²) in [4.78, 5) is 24.6. The number of esters is 1. The summed E-state index contributed by atoms with van der Waals surface area (Å²) >= 11 is 0. The van der Waals surface area contributed by atoms with Crippen LogP contribution in [-0.2, 0) is 40.3 Å². The highest BCUT2D eigenvalue weighted by atomic mass is 16.5. The van der Waals surface area contributed by atoms with E-state index < -0.39 is 6.09 Å². The standard InChI is InChI=1S/C25H28N2O5/c1-3-31-24(28)15-27-22-11-9-18(26-25(29)32-16-17-7-5-4-6-8-17)13-20(22)21-14-19(30-2)10-12-23(21)27/h4-8,10,12,14,18H,3,9,11,13,15-16H2,1-2H3,(H,26,29). The average molecular weight is 437 g/mol. The molecule has 0 fully saturated rings. The largest absolute Gasteiger partial charge is 0.497 e. The normalized spacial score (nSPS) is 15.1. The molecule has 0 spiro atoms. The van der Waals surface area contributed by atoms with Gasteiger partial charge in [0, 0.05) is 22.6 Å². The Labute approximate surface area is 187 Å². The van der Waals surface area contributed by atoms with Crippen LogP contribution in [0.15, 0.2) is 48.5 Å². The Hall–Kier alpha value is -3.48. The molecule has 2 aromatic carbocycles. The van der Waals surface area contributed by atoms with Crippen molar-refractivity contribution in [3.63, 3.8) is 0 Å². The maximum atomic E-state index is 12.4. The van der Waals surface area contributed by atoms with Gasteiger partial charge in [0.25, 0.3) is 0 Å². The summed E-state index contributed by atoms with van der Waals surface area (Å²) in [5.41, 5.74) is 4.15. The van der Waals surface area contributed by atoms with Gasteiger partial charge in [-0.2, -0.15) is 0 Å². The third kappa shape index (κ3) is 4.72. The Morgan fingerprint density at radius 3 is 2.69 bits per heavy atom. The van der Waals surface area contributed by atoms with Gasteiger partial charge >= 0.3 is 12.1 Å². The number of nitrogens with zero attached hydrogens (tertiary/aromatic N) is 1. The quantitative estimate of drug-likeness (QED) is 0.567. The lowest BCUT2D eigenvalue weighted by Crippen LogP contribution is -2.39. The topological polar surface area (TPSA) is 78.8 Å². The number of hydrogen-bond donors (Lipinski definition) is 1. The molecular formula is C25H28N2O5. The highest BCUT2D eigenvalue weighted by Gasteiger charge is 2.28. The van der Waals surface area contributed by atoms with Crippen molar-refractivity contribution in [2.24, 2.45) is 0 Å². The zero-order valence-electron chi connectivity index (χ0n) is 18.4. The molecule has 1 amide bonds. The first-order valence-corrected chi connectivity index (χ1v) is 10.9. The first kappa shape index (κ1) is 21.7. The summed E-state index contributed by atoms with van der Waals surface area (Å²) in [7, 11) is 1.64. The third-order valence-electron chi connectivity index (χ3n) is 5.80. The van der Waals surface area contributed by atoms with E-state index in [1.807, 2.05) is 53.1 Å². The fourth-order valence-corrected chi connectivity index (χ4v) is 4.33. The van der Waals surface area contributed by atoms with Gasteiger partial charge in [-0.15, -0.1) is 0 Å². The molecular weight excluding hydrogens is 408 g/mol. The van der Waals surface area contributed by atoms with Gasteiger partial charge in [-0.1, -0.05) is 30.3 Å². The first-order valence-electron chi connectivity index (χ1n) is 10.9. The SMILES string of the molecule is CCOC(=O)Cn1c2c(c3cc(OC)ccc31)CC(NC(=O)OCc1ccccc1)CC2. The monoisotopic (exact) mass is 436 g/mol. The van der Waals surface area contributed by atoms with E-state index in [1.165, 1.54) is 0 Å². The number of rotatable bonds is 7. The van der Waals surface area contributed by atoms with Crippen LogP contribution in [0.25, 0.3) is 10.9 Å². The molecule has 1 aliphatic carbocycles. The number of methoxy groups -OCH3 is 1. The van der Waals surface area contributed by atoms with Gasteiger partial charge in [0.1, 0.15) is 18.9 Å². The number of benzene rings is 2.